The maximum atomic E-state index is 12.4. The Bertz CT molecular complexity index is 913. The zero-order chi connectivity index (χ0) is 17.1. The molecule has 2 heterocycles. The van der Waals surface area contributed by atoms with Crippen molar-refractivity contribution in [2.75, 3.05) is 5.73 Å². The highest BCUT2D eigenvalue weighted by molar-refractivity contribution is 5.99. The predicted octanol–water partition coefficient (Wildman–Crippen LogP) is -1.11. The molecule has 0 spiro atoms. The summed E-state index contributed by atoms with van der Waals surface area (Å²) in [5, 5.41) is 12.4. The Morgan fingerprint density at radius 1 is 1.43 bits per heavy atom. The number of rotatable bonds is 5. The van der Waals surface area contributed by atoms with E-state index < -0.39 is 17.0 Å². The van der Waals surface area contributed by atoms with Crippen molar-refractivity contribution in [3.05, 3.63) is 38.6 Å². The minimum Gasteiger partial charge on any atom is -0.384 e. The van der Waals surface area contributed by atoms with Crippen LogP contribution in [-0.2, 0) is 20.1 Å². The van der Waals surface area contributed by atoms with E-state index in [0.717, 1.165) is 9.25 Å². The van der Waals surface area contributed by atoms with Crippen LogP contribution in [0.15, 0.2) is 15.9 Å². The molecular formula is C13H15N7O3. The topological polar surface area (TPSA) is 142 Å². The van der Waals surface area contributed by atoms with Crippen molar-refractivity contribution >= 4 is 11.6 Å². The molecule has 0 bridgehead atoms. The second-order valence-electron chi connectivity index (χ2n) is 4.86. The van der Waals surface area contributed by atoms with Gasteiger partial charge in [-0.05, 0) is 6.42 Å². The van der Waals surface area contributed by atoms with Crippen molar-refractivity contribution in [2.24, 2.45) is 7.05 Å². The molecule has 23 heavy (non-hydrogen) atoms. The van der Waals surface area contributed by atoms with E-state index in [9.17, 15) is 14.4 Å². The molecule has 2 N–H and O–H groups in total. The Morgan fingerprint density at radius 3 is 2.70 bits per heavy atom. The number of nitrogens with zero attached hydrogens (tertiary/aromatic N) is 6. The summed E-state index contributed by atoms with van der Waals surface area (Å²) < 4.78 is 3.17. The normalized spacial score (nSPS) is 10.5. The van der Waals surface area contributed by atoms with E-state index in [2.05, 4.69) is 10.1 Å². The summed E-state index contributed by atoms with van der Waals surface area (Å²) in [6.07, 6.45) is 1.82. The van der Waals surface area contributed by atoms with Gasteiger partial charge in [0.2, 0.25) is 0 Å². The van der Waals surface area contributed by atoms with E-state index in [1.807, 2.05) is 6.92 Å². The van der Waals surface area contributed by atoms with Gasteiger partial charge in [0.05, 0.1) is 0 Å². The number of nitrogen functional groups attached to an aromatic ring is 1. The zero-order valence-electron chi connectivity index (χ0n) is 12.7. The Labute approximate surface area is 130 Å². The number of carbonyl (C=O) groups is 1. The van der Waals surface area contributed by atoms with E-state index in [-0.39, 0.29) is 23.8 Å². The molecule has 0 unspecified atom stereocenters. The van der Waals surface area contributed by atoms with Gasteiger partial charge in [-0.15, -0.1) is 5.10 Å². The fourth-order valence-electron chi connectivity index (χ4n) is 2.13. The number of ketones is 1. The summed E-state index contributed by atoms with van der Waals surface area (Å²) >= 11 is 0. The van der Waals surface area contributed by atoms with Crippen LogP contribution in [0, 0.1) is 11.3 Å². The van der Waals surface area contributed by atoms with Crippen molar-refractivity contribution in [2.45, 2.75) is 26.4 Å². The molecule has 0 radical (unpaired) electrons. The van der Waals surface area contributed by atoms with Crippen LogP contribution in [-0.4, -0.2) is 29.7 Å². The highest BCUT2D eigenvalue weighted by Crippen LogP contribution is 2.07. The van der Waals surface area contributed by atoms with Crippen LogP contribution in [0.4, 0.5) is 5.82 Å². The van der Waals surface area contributed by atoms with Crippen molar-refractivity contribution < 1.29 is 4.79 Å². The van der Waals surface area contributed by atoms with E-state index in [1.54, 1.807) is 6.07 Å². The minimum absolute atomic E-state index is 0.0883. The van der Waals surface area contributed by atoms with Crippen LogP contribution >= 0.6 is 0 Å². The molecule has 0 aliphatic heterocycles. The van der Waals surface area contributed by atoms with Crippen LogP contribution < -0.4 is 17.0 Å². The molecule has 120 valence electrons. The third-order valence-electron chi connectivity index (χ3n) is 3.25. The lowest BCUT2D eigenvalue weighted by Gasteiger charge is -2.13. The van der Waals surface area contributed by atoms with Crippen LogP contribution in [0.2, 0.25) is 0 Å². The maximum Gasteiger partial charge on any atom is 0.332 e. The van der Waals surface area contributed by atoms with E-state index in [4.69, 9.17) is 11.0 Å². The van der Waals surface area contributed by atoms with Gasteiger partial charge in [0.25, 0.3) is 11.4 Å². The van der Waals surface area contributed by atoms with E-state index >= 15 is 0 Å². The lowest BCUT2D eigenvalue weighted by molar-refractivity contribution is 0.0965. The summed E-state index contributed by atoms with van der Waals surface area (Å²) in [4.78, 5) is 40.3. The van der Waals surface area contributed by atoms with Gasteiger partial charge in [0.15, 0.2) is 5.78 Å². The van der Waals surface area contributed by atoms with Gasteiger partial charge in [0.1, 0.15) is 30.3 Å². The number of Topliss-reactive ketones (excluding diaryl/α,β-unsaturated/α-hetero) is 1. The molecule has 0 saturated heterocycles. The van der Waals surface area contributed by atoms with E-state index in [1.165, 1.54) is 17.9 Å². The molecule has 10 heteroatoms. The van der Waals surface area contributed by atoms with Gasteiger partial charge in [-0.25, -0.2) is 14.5 Å². The number of nitriles is 1. The number of aromatic nitrogens is 5. The number of hydrogen-bond acceptors (Lipinski definition) is 7. The monoisotopic (exact) mass is 317 g/mol. The smallest absolute Gasteiger partial charge is 0.332 e. The Hall–Kier alpha value is -3.22. The Kier molecular flexibility index (Phi) is 4.40. The van der Waals surface area contributed by atoms with Crippen LogP contribution in [0.3, 0.4) is 0 Å². The first kappa shape index (κ1) is 16.2. The quantitative estimate of drug-likeness (QED) is 0.689. The summed E-state index contributed by atoms with van der Waals surface area (Å²) in [5.74, 6) is -0.859. The molecule has 0 amide bonds. The van der Waals surface area contributed by atoms with Crippen molar-refractivity contribution in [3.8, 4) is 6.07 Å². The van der Waals surface area contributed by atoms with Crippen molar-refractivity contribution in [3.63, 3.8) is 0 Å². The minimum atomic E-state index is -0.759. The molecule has 0 atom stereocenters. The molecule has 0 aromatic carbocycles. The number of hydrogen-bond donors (Lipinski definition) is 1. The number of carbonyl (C=O) groups excluding carboxylic acids is 1. The fraction of sp³-hybridized carbons (Fsp3) is 0.385. The lowest BCUT2D eigenvalue weighted by Crippen LogP contribution is -2.43. The van der Waals surface area contributed by atoms with E-state index in [0.29, 0.717) is 13.0 Å². The first-order valence-corrected chi connectivity index (χ1v) is 6.82. The average Bonchev–Trinajstić information content (AvgIpc) is 2.97. The van der Waals surface area contributed by atoms with Crippen LogP contribution in [0.25, 0.3) is 0 Å². The lowest BCUT2D eigenvalue weighted by atomic mass is 10.2. The molecule has 2 rings (SSSR count). The van der Waals surface area contributed by atoms with Gasteiger partial charge in [-0.2, -0.15) is 5.26 Å². The SMILES string of the molecule is CCCn1c(N)c(C(=O)Cn2cnc(C#N)n2)c(=O)n(C)c1=O. The second kappa shape index (κ2) is 6.27. The van der Waals surface area contributed by atoms with Gasteiger partial charge in [-0.3, -0.25) is 18.7 Å². The van der Waals surface area contributed by atoms with Gasteiger partial charge >= 0.3 is 5.69 Å². The molecule has 0 aliphatic carbocycles. The zero-order valence-corrected chi connectivity index (χ0v) is 12.7. The second-order valence-corrected chi connectivity index (χ2v) is 4.86. The average molecular weight is 317 g/mol. The maximum absolute atomic E-state index is 12.4. The summed E-state index contributed by atoms with van der Waals surface area (Å²) in [6.45, 7) is 1.83. The number of nitrogens with two attached hydrogens (primary N) is 1. The number of anilines is 1. The summed E-state index contributed by atoms with van der Waals surface area (Å²) in [6, 6.07) is 1.74. The predicted molar refractivity (Wildman–Crippen MR) is 79.7 cm³/mol. The third kappa shape index (κ3) is 2.89. The van der Waals surface area contributed by atoms with Gasteiger partial charge < -0.3 is 5.73 Å². The molecule has 0 fully saturated rings. The summed E-state index contributed by atoms with van der Waals surface area (Å²) in [5.41, 5.74) is 4.26. The molecule has 0 aliphatic rings. The van der Waals surface area contributed by atoms with Gasteiger partial charge in [-0.1, -0.05) is 6.92 Å². The molecule has 0 saturated carbocycles. The first-order chi connectivity index (χ1) is 10.9. The highest BCUT2D eigenvalue weighted by atomic mass is 16.2. The van der Waals surface area contributed by atoms with Crippen molar-refractivity contribution in [1.82, 2.24) is 23.9 Å². The third-order valence-corrected chi connectivity index (χ3v) is 3.25. The molecule has 2 aromatic rings. The highest BCUT2D eigenvalue weighted by Gasteiger charge is 2.21. The van der Waals surface area contributed by atoms with Crippen LogP contribution in [0.5, 0.6) is 0 Å². The Morgan fingerprint density at radius 2 is 2.13 bits per heavy atom. The molecule has 2 aromatic heterocycles. The molecular weight excluding hydrogens is 302 g/mol. The standard InChI is InChI=1S/C13H15N7O3/c1-3-4-20-11(15)10(12(22)18(2)13(20)23)8(21)6-19-7-16-9(5-14)17-19/h7H,3-4,6,15H2,1-2H3. The Balaban J connectivity index is 2.50. The fourth-order valence-corrected chi connectivity index (χ4v) is 2.13. The summed E-state index contributed by atoms with van der Waals surface area (Å²) in [7, 11) is 1.29. The van der Waals surface area contributed by atoms with Crippen LogP contribution in [0.1, 0.15) is 29.5 Å². The largest absolute Gasteiger partial charge is 0.384 e. The van der Waals surface area contributed by atoms with Gasteiger partial charge in [0, 0.05) is 13.6 Å². The van der Waals surface area contributed by atoms with Crippen molar-refractivity contribution in [1.29, 1.82) is 5.26 Å². The first-order valence-electron chi connectivity index (χ1n) is 6.82. The molecule has 10 nitrogen and oxygen atoms in total.